The monoisotopic (exact) mass is 426 g/mol. The third kappa shape index (κ3) is 4.99. The summed E-state index contributed by atoms with van der Waals surface area (Å²) in [6, 6.07) is 32.9. The first-order valence-electron chi connectivity index (χ1n) is 10.4. The molecule has 4 heteroatoms. The molecule has 0 fully saturated rings. The van der Waals surface area contributed by atoms with Crippen molar-refractivity contribution in [2.75, 3.05) is 27.8 Å². The molecule has 0 amide bonds. The second kappa shape index (κ2) is 10.6. The lowest BCUT2D eigenvalue weighted by Gasteiger charge is -2.17. The predicted octanol–water partition coefficient (Wildman–Crippen LogP) is 6.65. The van der Waals surface area contributed by atoms with Crippen molar-refractivity contribution in [3.63, 3.8) is 0 Å². The van der Waals surface area contributed by atoms with Crippen molar-refractivity contribution in [3.05, 3.63) is 97.1 Å². The average Bonchev–Trinajstić information content (AvgIpc) is 2.87. The highest BCUT2D eigenvalue weighted by Gasteiger charge is 2.16. The number of hydrogen-bond donors (Lipinski definition) is 0. The van der Waals surface area contributed by atoms with Crippen molar-refractivity contribution in [1.29, 1.82) is 0 Å². The lowest BCUT2D eigenvalue weighted by molar-refractivity contribution is 0.0500. The number of hydrogen-bond acceptors (Lipinski definition) is 4. The molecule has 0 radical (unpaired) electrons. The van der Waals surface area contributed by atoms with Gasteiger partial charge in [0.2, 0.25) is 0 Å². The van der Waals surface area contributed by atoms with Gasteiger partial charge in [-0.1, -0.05) is 72.8 Å². The number of rotatable bonds is 9. The number of ether oxygens (including phenoxy) is 4. The molecule has 4 rings (SSSR count). The van der Waals surface area contributed by atoms with Crippen LogP contribution in [0.1, 0.15) is 0 Å². The topological polar surface area (TPSA) is 36.9 Å². The summed E-state index contributed by atoms with van der Waals surface area (Å²) in [5, 5.41) is 0. The molecule has 0 atom stereocenters. The van der Waals surface area contributed by atoms with E-state index in [0.717, 1.165) is 44.9 Å². The largest absolute Gasteiger partial charge is 0.467 e. The molecule has 0 spiro atoms. The Morgan fingerprint density at radius 2 is 0.875 bits per heavy atom. The maximum Gasteiger partial charge on any atom is 0.188 e. The fourth-order valence-corrected chi connectivity index (χ4v) is 3.60. The van der Waals surface area contributed by atoms with Gasteiger partial charge in [0.15, 0.2) is 13.6 Å². The zero-order chi connectivity index (χ0) is 22.2. The van der Waals surface area contributed by atoms with E-state index in [1.54, 1.807) is 14.2 Å². The van der Waals surface area contributed by atoms with Crippen LogP contribution >= 0.6 is 0 Å². The molecule has 4 aromatic rings. The first-order valence-corrected chi connectivity index (χ1v) is 10.4. The van der Waals surface area contributed by atoms with Gasteiger partial charge in [0, 0.05) is 25.3 Å². The highest BCUT2D eigenvalue weighted by Crippen LogP contribution is 2.41. The summed E-state index contributed by atoms with van der Waals surface area (Å²) in [5.74, 6) is 1.44. The second-order valence-corrected chi connectivity index (χ2v) is 7.26. The molecule has 4 aromatic carbocycles. The number of methoxy groups -OCH3 is 2. The van der Waals surface area contributed by atoms with Gasteiger partial charge in [-0.25, -0.2) is 0 Å². The maximum absolute atomic E-state index is 5.93. The Morgan fingerprint density at radius 3 is 1.25 bits per heavy atom. The summed E-state index contributed by atoms with van der Waals surface area (Å²) >= 11 is 0. The SMILES string of the molecule is COCOc1ccc(-c2ccccc2)cc1-c1cc(-c2ccccc2)ccc1OCOC. The van der Waals surface area contributed by atoms with Gasteiger partial charge in [0.1, 0.15) is 11.5 Å². The Hall–Kier alpha value is -3.60. The van der Waals surface area contributed by atoms with Gasteiger partial charge in [-0.05, 0) is 46.5 Å². The summed E-state index contributed by atoms with van der Waals surface area (Å²) in [5.41, 5.74) is 6.29. The summed E-state index contributed by atoms with van der Waals surface area (Å²) in [4.78, 5) is 0. The maximum atomic E-state index is 5.93. The Kier molecular flexibility index (Phi) is 7.18. The van der Waals surface area contributed by atoms with Crippen LogP contribution < -0.4 is 9.47 Å². The molecule has 0 heterocycles. The van der Waals surface area contributed by atoms with Gasteiger partial charge < -0.3 is 18.9 Å². The molecule has 0 N–H and O–H groups in total. The molecular formula is C28H26O4. The molecule has 0 aliphatic heterocycles. The summed E-state index contributed by atoms with van der Waals surface area (Å²) in [6.45, 7) is 0.314. The van der Waals surface area contributed by atoms with Crippen LogP contribution in [0.25, 0.3) is 33.4 Å². The van der Waals surface area contributed by atoms with Crippen molar-refractivity contribution in [2.24, 2.45) is 0 Å². The molecular weight excluding hydrogens is 400 g/mol. The predicted molar refractivity (Wildman–Crippen MR) is 128 cm³/mol. The third-order valence-electron chi connectivity index (χ3n) is 5.13. The first-order chi connectivity index (χ1) is 15.8. The standard InChI is InChI=1S/C28H26O4/c1-29-19-31-27-15-13-23(21-9-5-3-6-10-21)17-25(27)26-18-24(22-11-7-4-8-12-22)14-16-28(26)32-20-30-2/h3-18H,19-20H2,1-2H3. The Balaban J connectivity index is 1.88. The molecule has 0 unspecified atom stereocenters. The fourth-order valence-electron chi connectivity index (χ4n) is 3.60. The van der Waals surface area contributed by atoms with E-state index in [0.29, 0.717) is 0 Å². The van der Waals surface area contributed by atoms with Crippen LogP contribution in [0.5, 0.6) is 11.5 Å². The second-order valence-electron chi connectivity index (χ2n) is 7.26. The van der Waals surface area contributed by atoms with Gasteiger partial charge in [-0.3, -0.25) is 0 Å². The summed E-state index contributed by atoms with van der Waals surface area (Å²) < 4.78 is 22.2. The van der Waals surface area contributed by atoms with E-state index in [1.807, 2.05) is 48.5 Å². The minimum absolute atomic E-state index is 0.157. The van der Waals surface area contributed by atoms with E-state index in [9.17, 15) is 0 Å². The van der Waals surface area contributed by atoms with Crippen molar-refractivity contribution in [2.45, 2.75) is 0 Å². The van der Waals surface area contributed by atoms with Crippen LogP contribution in [0.15, 0.2) is 97.1 Å². The van der Waals surface area contributed by atoms with Gasteiger partial charge in [-0.2, -0.15) is 0 Å². The van der Waals surface area contributed by atoms with Crippen molar-refractivity contribution >= 4 is 0 Å². The number of benzene rings is 4. The molecule has 162 valence electrons. The molecule has 0 saturated heterocycles. The zero-order valence-electron chi connectivity index (χ0n) is 18.3. The molecule has 0 bridgehead atoms. The van der Waals surface area contributed by atoms with Crippen LogP contribution in [-0.4, -0.2) is 27.8 Å². The Labute approximate surface area is 189 Å². The highest BCUT2D eigenvalue weighted by molar-refractivity contribution is 5.84. The van der Waals surface area contributed by atoms with E-state index in [1.165, 1.54) is 0 Å². The van der Waals surface area contributed by atoms with E-state index in [-0.39, 0.29) is 13.6 Å². The van der Waals surface area contributed by atoms with E-state index in [4.69, 9.17) is 18.9 Å². The van der Waals surface area contributed by atoms with Gasteiger partial charge >= 0.3 is 0 Å². The van der Waals surface area contributed by atoms with Crippen molar-refractivity contribution < 1.29 is 18.9 Å². The van der Waals surface area contributed by atoms with Crippen molar-refractivity contribution in [3.8, 4) is 44.9 Å². The Bertz CT molecular complexity index is 1050. The first kappa shape index (κ1) is 21.6. The van der Waals surface area contributed by atoms with E-state index >= 15 is 0 Å². The van der Waals surface area contributed by atoms with Crippen LogP contribution in [0.4, 0.5) is 0 Å². The lowest BCUT2D eigenvalue weighted by atomic mass is 9.94. The molecule has 0 aliphatic rings. The Morgan fingerprint density at radius 1 is 0.469 bits per heavy atom. The summed E-state index contributed by atoms with van der Waals surface area (Å²) in [7, 11) is 3.22. The minimum Gasteiger partial charge on any atom is -0.467 e. The normalized spacial score (nSPS) is 10.7. The van der Waals surface area contributed by atoms with Gasteiger partial charge in [-0.15, -0.1) is 0 Å². The smallest absolute Gasteiger partial charge is 0.188 e. The van der Waals surface area contributed by atoms with E-state index in [2.05, 4.69) is 48.5 Å². The highest BCUT2D eigenvalue weighted by atomic mass is 16.7. The van der Waals surface area contributed by atoms with Crippen molar-refractivity contribution in [1.82, 2.24) is 0 Å². The quantitative estimate of drug-likeness (QED) is 0.281. The molecule has 4 nitrogen and oxygen atoms in total. The van der Waals surface area contributed by atoms with Gasteiger partial charge in [0.25, 0.3) is 0 Å². The molecule has 32 heavy (non-hydrogen) atoms. The molecule has 0 aliphatic carbocycles. The third-order valence-corrected chi connectivity index (χ3v) is 5.13. The van der Waals surface area contributed by atoms with Crippen LogP contribution in [0, 0.1) is 0 Å². The van der Waals surface area contributed by atoms with E-state index < -0.39 is 0 Å². The lowest BCUT2D eigenvalue weighted by Crippen LogP contribution is -2.03. The average molecular weight is 427 g/mol. The van der Waals surface area contributed by atoms with Gasteiger partial charge in [0.05, 0.1) is 0 Å². The molecule has 0 saturated carbocycles. The van der Waals surface area contributed by atoms with Crippen LogP contribution in [0.3, 0.4) is 0 Å². The van der Waals surface area contributed by atoms with Crippen LogP contribution in [-0.2, 0) is 9.47 Å². The van der Waals surface area contributed by atoms with Crippen LogP contribution in [0.2, 0.25) is 0 Å². The fraction of sp³-hybridized carbons (Fsp3) is 0.143. The molecule has 0 aromatic heterocycles. The zero-order valence-corrected chi connectivity index (χ0v) is 18.3. The minimum atomic E-state index is 0.157. The summed E-state index contributed by atoms with van der Waals surface area (Å²) in [6.07, 6.45) is 0.